The predicted molar refractivity (Wildman–Crippen MR) is 142 cm³/mol. The zero-order valence-electron chi connectivity index (χ0n) is 22.6. The molecule has 0 aromatic carbocycles. The molecule has 5 aliphatic rings. The van der Waals surface area contributed by atoms with E-state index in [0.29, 0.717) is 18.4 Å². The van der Waals surface area contributed by atoms with Crippen LogP contribution in [0.25, 0.3) is 0 Å². The average molecular weight is 573 g/mol. The van der Waals surface area contributed by atoms with Crippen LogP contribution in [0, 0.1) is 34.5 Å². The van der Waals surface area contributed by atoms with Gasteiger partial charge in [0.25, 0.3) is 0 Å². The highest BCUT2D eigenvalue weighted by molar-refractivity contribution is 8.14. The molecule has 4 aliphatic carbocycles. The number of aliphatic hydroxyl groups is 1. The lowest BCUT2D eigenvalue weighted by atomic mass is 9.46. The lowest BCUT2D eigenvalue weighted by Gasteiger charge is -2.60. The summed E-state index contributed by atoms with van der Waals surface area (Å²) < 4.78 is 32.4. The molecule has 0 radical (unpaired) electrons. The Labute approximate surface area is 235 Å². The van der Waals surface area contributed by atoms with Gasteiger partial charge in [-0.05, 0) is 61.0 Å². The lowest BCUT2D eigenvalue weighted by molar-refractivity contribution is -0.179. The van der Waals surface area contributed by atoms with Gasteiger partial charge in [-0.2, -0.15) is 0 Å². The van der Waals surface area contributed by atoms with Crippen LogP contribution < -0.4 is 0 Å². The summed E-state index contributed by atoms with van der Waals surface area (Å²) in [6.45, 7) is 5.77. The number of hydrogen-bond donors (Lipinski definition) is 1. The number of alkyl halides is 1. The first kappa shape index (κ1) is 27.4. The highest BCUT2D eigenvalue weighted by Crippen LogP contribution is 2.70. The molecule has 1 aromatic heterocycles. The van der Waals surface area contributed by atoms with Crippen molar-refractivity contribution < 1.29 is 42.6 Å². The third kappa shape index (κ3) is 3.74. The molecular weight excluding hydrogens is 539 g/mol. The van der Waals surface area contributed by atoms with E-state index in [1.54, 1.807) is 12.1 Å². The maximum absolute atomic E-state index is 15.8. The lowest BCUT2D eigenvalue weighted by Crippen LogP contribution is -2.64. The van der Waals surface area contributed by atoms with Crippen LogP contribution in [0.15, 0.2) is 46.6 Å². The van der Waals surface area contributed by atoms with Gasteiger partial charge in [0.05, 0.1) is 19.0 Å². The molecule has 0 spiro atoms. The molecule has 0 unspecified atom stereocenters. The average Bonchev–Trinajstić information content (AvgIpc) is 3.61. The Bertz CT molecular complexity index is 1320. The van der Waals surface area contributed by atoms with Crippen LogP contribution in [0.2, 0.25) is 0 Å². The number of thioether (sulfide) groups is 1. The van der Waals surface area contributed by atoms with Gasteiger partial charge in [-0.15, -0.1) is 0 Å². The van der Waals surface area contributed by atoms with E-state index in [4.69, 9.17) is 13.9 Å². The fraction of sp³-hybridized carbons (Fsp3) is 0.600. The normalized spacial score (nSPS) is 43.8. The number of esters is 2. The van der Waals surface area contributed by atoms with Crippen LogP contribution in [0.4, 0.5) is 4.39 Å². The van der Waals surface area contributed by atoms with Gasteiger partial charge in [-0.3, -0.25) is 14.4 Å². The van der Waals surface area contributed by atoms with E-state index in [-0.39, 0.29) is 48.7 Å². The Morgan fingerprint density at radius 3 is 2.67 bits per heavy atom. The Balaban J connectivity index is 1.43. The molecule has 6 rings (SSSR count). The molecule has 40 heavy (non-hydrogen) atoms. The molecule has 214 valence electrons. The molecule has 0 bridgehead atoms. The van der Waals surface area contributed by atoms with E-state index in [1.165, 1.54) is 24.5 Å². The standard InChI is InChI=1S/C30H33FO8S/c1-15-11-18-17-13-20(31)19-12-16(32)6-8-28(19,2)24(17)21(33)14-29(18,3)30(15,39-25(34)22-5-4-9-37-22)27(36)40-23-7-10-38-26(23)35/h4-6,8-9,12,15,17-18,20-21,23-24,33H,7,10-11,13-14H2,1-3H3/t15-,17+,18+,20+,21+,23+,24-,28+,29+,30+/m1/s1. The monoisotopic (exact) mass is 572 g/mol. The van der Waals surface area contributed by atoms with E-state index in [2.05, 4.69) is 0 Å². The molecule has 3 saturated carbocycles. The summed E-state index contributed by atoms with van der Waals surface area (Å²) in [5, 5.41) is 10.6. The van der Waals surface area contributed by atoms with E-state index in [1.807, 2.05) is 20.8 Å². The highest BCUT2D eigenvalue weighted by Gasteiger charge is 2.74. The first-order chi connectivity index (χ1) is 18.9. The number of carbonyl (C=O) groups is 4. The number of ether oxygens (including phenoxy) is 2. The summed E-state index contributed by atoms with van der Waals surface area (Å²) in [6, 6.07) is 3.00. The molecular formula is C30H33FO8S. The Morgan fingerprint density at radius 2 is 2.00 bits per heavy atom. The number of rotatable bonds is 4. The van der Waals surface area contributed by atoms with E-state index >= 15 is 4.39 Å². The second-order valence-corrected chi connectivity index (χ2v) is 13.6. The van der Waals surface area contributed by atoms with Crippen molar-refractivity contribution in [3.8, 4) is 0 Å². The van der Waals surface area contributed by atoms with E-state index in [9.17, 15) is 24.3 Å². The zero-order valence-corrected chi connectivity index (χ0v) is 23.4. The van der Waals surface area contributed by atoms with Gasteiger partial charge in [-0.25, -0.2) is 9.18 Å². The number of hydrogen-bond acceptors (Lipinski definition) is 9. The summed E-state index contributed by atoms with van der Waals surface area (Å²) in [4.78, 5) is 52.2. The number of halogens is 1. The van der Waals surface area contributed by atoms with Crippen LogP contribution in [-0.2, 0) is 23.9 Å². The van der Waals surface area contributed by atoms with Gasteiger partial charge in [0.15, 0.2) is 11.4 Å². The summed E-state index contributed by atoms with van der Waals surface area (Å²) >= 11 is 0.823. The summed E-state index contributed by atoms with van der Waals surface area (Å²) in [5.41, 5.74) is -3.24. The number of aliphatic hydroxyl groups excluding tert-OH is 1. The largest absolute Gasteiger partial charge is 0.465 e. The second kappa shape index (κ2) is 9.41. The SMILES string of the molecule is C[C@@H]1C[C@H]2[C@@H]3C[C@H](F)C4=CC(=O)C=C[C@]4(C)[C@H]3[C@@H](O)C[C@]2(C)[C@@]1(OC(=O)c1ccco1)C(=O)S[C@H]1CCOC1=O. The first-order valence-electron chi connectivity index (χ1n) is 13.8. The van der Waals surface area contributed by atoms with Crippen molar-refractivity contribution >= 4 is 34.6 Å². The number of fused-ring (bicyclic) bond motifs is 5. The summed E-state index contributed by atoms with van der Waals surface area (Å²) in [6.07, 6.45) is 4.53. The number of ketones is 1. The van der Waals surface area contributed by atoms with Crippen LogP contribution in [0.1, 0.15) is 57.0 Å². The number of furan rings is 1. The molecule has 4 fully saturated rings. The summed E-state index contributed by atoms with van der Waals surface area (Å²) in [7, 11) is 0. The van der Waals surface area contributed by atoms with Gasteiger partial charge in [0.2, 0.25) is 10.9 Å². The van der Waals surface area contributed by atoms with Crippen molar-refractivity contribution in [2.24, 2.45) is 34.5 Å². The minimum atomic E-state index is -1.71. The van der Waals surface area contributed by atoms with Gasteiger partial charge >= 0.3 is 11.9 Å². The third-order valence-electron chi connectivity index (χ3n) is 10.4. The fourth-order valence-electron chi connectivity index (χ4n) is 8.74. The minimum Gasteiger partial charge on any atom is -0.465 e. The Morgan fingerprint density at radius 1 is 1.23 bits per heavy atom. The van der Waals surface area contributed by atoms with Crippen LogP contribution in [0.3, 0.4) is 0 Å². The highest BCUT2D eigenvalue weighted by atomic mass is 32.2. The van der Waals surface area contributed by atoms with Crippen molar-refractivity contribution in [3.63, 3.8) is 0 Å². The Kier molecular flexibility index (Phi) is 6.46. The predicted octanol–water partition coefficient (Wildman–Crippen LogP) is 4.22. The number of cyclic esters (lactones) is 1. The topological polar surface area (TPSA) is 120 Å². The van der Waals surface area contributed by atoms with Crippen molar-refractivity contribution in [3.05, 3.63) is 48.0 Å². The van der Waals surface area contributed by atoms with Crippen molar-refractivity contribution in [1.82, 2.24) is 0 Å². The van der Waals surface area contributed by atoms with Crippen LogP contribution in [-0.4, -0.2) is 57.7 Å². The molecule has 1 aromatic rings. The molecule has 10 atom stereocenters. The quantitative estimate of drug-likeness (QED) is 0.529. The number of allylic oxidation sites excluding steroid dienone is 4. The smallest absolute Gasteiger partial charge is 0.375 e. The molecule has 8 nitrogen and oxygen atoms in total. The van der Waals surface area contributed by atoms with Gasteiger partial charge in [0, 0.05) is 29.1 Å². The first-order valence-corrected chi connectivity index (χ1v) is 14.7. The molecule has 0 amide bonds. The Hall–Kier alpha value is -2.72. The minimum absolute atomic E-state index is 0.0632. The third-order valence-corrected chi connectivity index (χ3v) is 11.7. The second-order valence-electron chi connectivity index (χ2n) is 12.4. The molecule has 1 aliphatic heterocycles. The summed E-state index contributed by atoms with van der Waals surface area (Å²) in [5.74, 6) is -3.12. The van der Waals surface area contributed by atoms with E-state index < -0.39 is 56.9 Å². The molecule has 10 heteroatoms. The molecule has 1 N–H and O–H groups in total. The molecule has 1 saturated heterocycles. The maximum Gasteiger partial charge on any atom is 0.375 e. The van der Waals surface area contributed by atoms with E-state index in [0.717, 1.165) is 11.8 Å². The molecule has 2 heterocycles. The van der Waals surface area contributed by atoms with Crippen molar-refractivity contribution in [2.75, 3.05) is 6.61 Å². The zero-order chi connectivity index (χ0) is 28.6. The van der Waals surface area contributed by atoms with Crippen LogP contribution in [0.5, 0.6) is 0 Å². The van der Waals surface area contributed by atoms with Crippen molar-refractivity contribution in [1.29, 1.82) is 0 Å². The van der Waals surface area contributed by atoms with Crippen molar-refractivity contribution in [2.45, 2.75) is 69.6 Å². The van der Waals surface area contributed by atoms with Crippen LogP contribution >= 0.6 is 11.8 Å². The van der Waals surface area contributed by atoms with Gasteiger partial charge in [-0.1, -0.05) is 38.6 Å². The number of carbonyl (C=O) groups excluding carboxylic acids is 4. The van der Waals surface area contributed by atoms with Gasteiger partial charge < -0.3 is 19.0 Å². The maximum atomic E-state index is 15.8. The van der Waals surface area contributed by atoms with Gasteiger partial charge in [0.1, 0.15) is 11.4 Å². The fourth-order valence-corrected chi connectivity index (χ4v) is 10.0.